The summed E-state index contributed by atoms with van der Waals surface area (Å²) in [6, 6.07) is 35.3. The van der Waals surface area contributed by atoms with E-state index >= 15 is 0 Å². The van der Waals surface area contributed by atoms with E-state index in [2.05, 4.69) is 191 Å². The van der Waals surface area contributed by atoms with Gasteiger partial charge in [-0.15, -0.1) is 5.73 Å². The van der Waals surface area contributed by atoms with Gasteiger partial charge < -0.3 is 10.2 Å². The Morgan fingerprint density at radius 2 is 1.58 bits per heavy atom. The van der Waals surface area contributed by atoms with Crippen LogP contribution in [0.25, 0.3) is 22.3 Å². The van der Waals surface area contributed by atoms with Crippen molar-refractivity contribution in [3.8, 4) is 11.1 Å². The topological polar surface area (TPSA) is 15.3 Å². The Labute approximate surface area is 327 Å². The summed E-state index contributed by atoms with van der Waals surface area (Å²) < 4.78 is 0. The zero-order valence-electron chi connectivity index (χ0n) is 32.3. The summed E-state index contributed by atoms with van der Waals surface area (Å²) in [5, 5.41) is 3.92. The van der Waals surface area contributed by atoms with Gasteiger partial charge >= 0.3 is 0 Å². The highest BCUT2D eigenvalue weighted by Gasteiger charge is 2.29. The van der Waals surface area contributed by atoms with E-state index in [0.717, 1.165) is 42.0 Å². The fourth-order valence-electron chi connectivity index (χ4n) is 8.25. The van der Waals surface area contributed by atoms with Crippen molar-refractivity contribution >= 4 is 52.1 Å². The van der Waals surface area contributed by atoms with Crippen molar-refractivity contribution in [3.05, 3.63) is 209 Å². The van der Waals surface area contributed by atoms with Crippen molar-refractivity contribution in [1.82, 2.24) is 0 Å². The summed E-state index contributed by atoms with van der Waals surface area (Å²) in [6.07, 6.45) is 22.0. The first-order chi connectivity index (χ1) is 26.9. The van der Waals surface area contributed by atoms with Crippen molar-refractivity contribution < 1.29 is 0 Å². The van der Waals surface area contributed by atoms with Gasteiger partial charge in [0.1, 0.15) is 0 Å². The molecule has 0 spiro atoms. The number of benzene rings is 5. The third kappa shape index (κ3) is 7.08. The number of allylic oxidation sites excluding steroid dienone is 11. The first-order valence-electron chi connectivity index (χ1n) is 19.3. The van der Waals surface area contributed by atoms with E-state index in [-0.39, 0.29) is 0 Å². The second-order valence-corrected chi connectivity index (χ2v) is 14.7. The molecule has 2 nitrogen and oxygen atoms in total. The van der Waals surface area contributed by atoms with E-state index in [1.807, 2.05) is 12.2 Å². The van der Waals surface area contributed by atoms with E-state index in [9.17, 15) is 0 Å². The minimum absolute atomic E-state index is 0.905. The van der Waals surface area contributed by atoms with Gasteiger partial charge in [-0.2, -0.15) is 0 Å². The Balaban J connectivity index is 1.38. The lowest BCUT2D eigenvalue weighted by Gasteiger charge is -2.27. The molecule has 267 valence electrons. The number of rotatable bonds is 11. The lowest BCUT2D eigenvalue weighted by molar-refractivity contribution is 1.03. The van der Waals surface area contributed by atoms with Crippen molar-refractivity contribution in [2.75, 3.05) is 10.2 Å². The van der Waals surface area contributed by atoms with Gasteiger partial charge in [0.05, 0.1) is 0 Å². The van der Waals surface area contributed by atoms with Gasteiger partial charge in [-0.1, -0.05) is 114 Å². The second-order valence-electron chi connectivity index (χ2n) is 14.7. The molecule has 5 aromatic rings. The molecule has 3 aliphatic carbocycles. The van der Waals surface area contributed by atoms with Gasteiger partial charge in [0.2, 0.25) is 0 Å². The highest BCUT2D eigenvalue weighted by Crippen LogP contribution is 2.47. The fourth-order valence-corrected chi connectivity index (χ4v) is 8.25. The van der Waals surface area contributed by atoms with E-state index in [0.29, 0.717) is 0 Å². The Morgan fingerprint density at radius 3 is 2.40 bits per heavy atom. The molecule has 0 heterocycles. The maximum absolute atomic E-state index is 3.92. The van der Waals surface area contributed by atoms with Crippen molar-refractivity contribution in [2.45, 2.75) is 47.0 Å². The molecule has 0 saturated carbocycles. The third-order valence-electron chi connectivity index (χ3n) is 11.1. The predicted molar refractivity (Wildman–Crippen MR) is 239 cm³/mol. The smallest absolute Gasteiger partial charge is 0.192 e. The van der Waals surface area contributed by atoms with Gasteiger partial charge in [0, 0.05) is 34.5 Å². The summed E-state index contributed by atoms with van der Waals surface area (Å²) in [5.41, 5.74) is 25.8. The molecule has 0 aliphatic heterocycles. The highest BCUT2D eigenvalue weighted by atomic mass is 15.1. The van der Waals surface area contributed by atoms with E-state index in [1.54, 1.807) is 6.08 Å². The fraction of sp³-hybridized carbons (Fsp3) is 0.135. The quantitative estimate of drug-likeness (QED) is 0.0834. The normalized spacial score (nSPS) is 14.3. The van der Waals surface area contributed by atoms with Crippen LogP contribution in [-0.2, 0) is 6.42 Å². The van der Waals surface area contributed by atoms with Gasteiger partial charge in [-0.25, -0.2) is 0 Å². The third-order valence-corrected chi connectivity index (χ3v) is 11.1. The molecular weight excluding hydrogens is 663 g/mol. The molecule has 0 aromatic heterocycles. The van der Waals surface area contributed by atoms with Crippen LogP contribution in [0.5, 0.6) is 0 Å². The van der Waals surface area contributed by atoms with Crippen LogP contribution in [-0.4, -0.2) is 7.28 Å². The summed E-state index contributed by atoms with van der Waals surface area (Å²) in [6.45, 7) is 12.8. The molecule has 1 N–H and O–H groups in total. The molecule has 8 rings (SSSR count). The summed E-state index contributed by atoms with van der Waals surface area (Å²) in [5.74, 6) is 0. The van der Waals surface area contributed by atoms with Crippen LogP contribution in [0.2, 0.25) is 0 Å². The first kappa shape index (κ1) is 35.7. The highest BCUT2D eigenvalue weighted by molar-refractivity contribution is 6.70. The average Bonchev–Trinajstić information content (AvgIpc) is 3.80. The lowest BCUT2D eigenvalue weighted by Crippen LogP contribution is -2.33. The number of nitrogens with zero attached hydrogens (tertiary/aromatic N) is 1. The summed E-state index contributed by atoms with van der Waals surface area (Å²) in [4.78, 5) is 2.28. The number of hydrogen-bond acceptors (Lipinski definition) is 2. The largest absolute Gasteiger partial charge is 0.355 e. The Bertz CT molecular complexity index is 2550. The minimum Gasteiger partial charge on any atom is -0.355 e. The molecule has 0 fully saturated rings. The Hall–Kier alpha value is -6.28. The molecule has 5 aromatic carbocycles. The monoisotopic (exact) mass is 709 g/mol. The molecule has 0 bridgehead atoms. The van der Waals surface area contributed by atoms with Crippen LogP contribution in [0.3, 0.4) is 0 Å². The van der Waals surface area contributed by atoms with E-state index in [1.165, 1.54) is 77.7 Å². The number of anilines is 4. The summed E-state index contributed by atoms with van der Waals surface area (Å²) in [7, 11) is 2.43. The minimum atomic E-state index is 0.905. The van der Waals surface area contributed by atoms with Crippen LogP contribution in [0.4, 0.5) is 22.7 Å². The molecular formula is C52H46BN2. The molecule has 3 aliphatic rings. The standard InChI is InChI=1S/C52H46BN2/c1-6-7-8-16-31-55(41-22-10-9-11-23-41)42-32-37(4)52(53-47-27-18-25-44(38(47)5)43-24-14-12-19-35(43)2)46(34-42)51-49(54-48-28-15-13-20-36(48)3)30-29-40-33-39-21-17-26-45(39)50(40)51/h6-13,15-16,18-23,25-32,34,54H,1,14,24,33H2,2-5H3/b8-7-,31-16-. The van der Waals surface area contributed by atoms with Crippen LogP contribution >= 0.6 is 0 Å². The Morgan fingerprint density at radius 1 is 0.745 bits per heavy atom. The zero-order valence-corrected chi connectivity index (χ0v) is 32.3. The molecule has 3 heteroatoms. The van der Waals surface area contributed by atoms with E-state index in [4.69, 9.17) is 0 Å². The SMILES string of the molecule is C=C/C=C\C=C/N(c1ccccc1)c1cc(C)c([B]c2cccc(C3=C(C)C=CCC3)c2C)c(-c2c(Nc3ccccc3C)ccc3c2C2=C(C=C=C2)C3)c1. The second kappa shape index (κ2) is 15.6. The van der Waals surface area contributed by atoms with Crippen LogP contribution in [0.1, 0.15) is 53.1 Å². The van der Waals surface area contributed by atoms with Gasteiger partial charge in [0.15, 0.2) is 7.28 Å². The molecule has 1 radical (unpaired) electrons. The van der Waals surface area contributed by atoms with Crippen molar-refractivity contribution in [1.29, 1.82) is 0 Å². The average molecular weight is 710 g/mol. The predicted octanol–water partition coefficient (Wildman–Crippen LogP) is 12.2. The molecule has 0 unspecified atom stereocenters. The van der Waals surface area contributed by atoms with Crippen LogP contribution < -0.4 is 21.1 Å². The van der Waals surface area contributed by atoms with Crippen molar-refractivity contribution in [2.24, 2.45) is 0 Å². The molecule has 55 heavy (non-hydrogen) atoms. The first-order valence-corrected chi connectivity index (χ1v) is 19.3. The van der Waals surface area contributed by atoms with E-state index < -0.39 is 0 Å². The number of aryl methyl sites for hydroxylation is 2. The van der Waals surface area contributed by atoms with Gasteiger partial charge in [-0.3, -0.25) is 0 Å². The molecule has 0 amide bonds. The summed E-state index contributed by atoms with van der Waals surface area (Å²) >= 11 is 0. The van der Waals surface area contributed by atoms with Gasteiger partial charge in [0.25, 0.3) is 0 Å². The van der Waals surface area contributed by atoms with Crippen molar-refractivity contribution in [3.63, 3.8) is 0 Å². The number of hydrogen-bond donors (Lipinski definition) is 1. The molecule has 0 atom stereocenters. The lowest BCUT2D eigenvalue weighted by atomic mass is 9.58. The maximum Gasteiger partial charge on any atom is 0.192 e. The maximum atomic E-state index is 3.92. The van der Waals surface area contributed by atoms with Crippen LogP contribution in [0.15, 0.2) is 175 Å². The Kier molecular flexibility index (Phi) is 10.1. The number of nitrogens with one attached hydrogen (secondary N) is 1. The number of fused-ring (bicyclic) bond motifs is 2. The zero-order chi connectivity index (χ0) is 37.9. The number of para-hydroxylation sites is 2. The molecule has 0 saturated heterocycles. The van der Waals surface area contributed by atoms with Gasteiger partial charge in [-0.05, 0) is 157 Å². The van der Waals surface area contributed by atoms with Crippen LogP contribution in [0, 0.1) is 20.8 Å².